The molecule has 196 valence electrons. The summed E-state index contributed by atoms with van der Waals surface area (Å²) in [6.07, 6.45) is 0. The van der Waals surface area contributed by atoms with Crippen molar-refractivity contribution in [2.45, 2.75) is 19.9 Å². The molecule has 0 bridgehead atoms. The van der Waals surface area contributed by atoms with Gasteiger partial charge in [-0.3, -0.25) is 14.5 Å². The fourth-order valence-electron chi connectivity index (χ4n) is 4.40. The summed E-state index contributed by atoms with van der Waals surface area (Å²) in [6, 6.07) is 10.7. The Hall–Kier alpha value is -4.38. The summed E-state index contributed by atoms with van der Waals surface area (Å²) >= 11 is 0.931. The Bertz CT molecular complexity index is 1480. The van der Waals surface area contributed by atoms with E-state index in [9.17, 15) is 19.5 Å². The van der Waals surface area contributed by atoms with Crippen LogP contribution >= 0.6 is 11.3 Å². The molecule has 1 saturated heterocycles. The maximum atomic E-state index is 13.5. The number of nitrogens with zero attached hydrogens (tertiary/aromatic N) is 2. The number of anilines is 1. The molecule has 3 heterocycles. The van der Waals surface area contributed by atoms with E-state index in [1.165, 1.54) is 12.0 Å². The molecular weight excluding hydrogens is 512 g/mol. The number of aryl methyl sites for hydroxylation is 1. The molecule has 1 aromatic heterocycles. The average Bonchev–Trinajstić information content (AvgIpc) is 3.44. The van der Waals surface area contributed by atoms with Crippen LogP contribution < -0.4 is 19.1 Å². The Labute approximate surface area is 222 Å². The van der Waals surface area contributed by atoms with Gasteiger partial charge < -0.3 is 24.1 Å². The van der Waals surface area contributed by atoms with Gasteiger partial charge >= 0.3 is 11.9 Å². The molecule has 0 aliphatic carbocycles. The molecule has 5 rings (SSSR count). The number of amides is 1. The van der Waals surface area contributed by atoms with Gasteiger partial charge in [-0.2, -0.15) is 0 Å². The second kappa shape index (κ2) is 10.2. The first-order valence-corrected chi connectivity index (χ1v) is 12.6. The average molecular weight is 537 g/mol. The van der Waals surface area contributed by atoms with E-state index in [0.717, 1.165) is 11.3 Å². The molecule has 11 heteroatoms. The molecule has 1 atom stereocenters. The zero-order chi connectivity index (χ0) is 27.0. The van der Waals surface area contributed by atoms with Gasteiger partial charge in [0.25, 0.3) is 5.78 Å². The lowest BCUT2D eigenvalue weighted by Crippen LogP contribution is -2.29. The number of aliphatic hydroxyl groups is 1. The Morgan fingerprint density at radius 2 is 1.92 bits per heavy atom. The zero-order valence-electron chi connectivity index (χ0n) is 20.8. The molecule has 1 N–H and O–H groups in total. The van der Waals surface area contributed by atoms with E-state index in [1.807, 2.05) is 6.92 Å². The van der Waals surface area contributed by atoms with Gasteiger partial charge in [0.15, 0.2) is 16.6 Å². The number of esters is 1. The molecule has 0 unspecified atom stereocenters. The van der Waals surface area contributed by atoms with Gasteiger partial charge in [0.1, 0.15) is 29.6 Å². The predicted octanol–water partition coefficient (Wildman–Crippen LogP) is 4.03. The van der Waals surface area contributed by atoms with Crippen molar-refractivity contribution >= 4 is 39.9 Å². The number of hydrogen-bond acceptors (Lipinski definition) is 10. The Morgan fingerprint density at radius 1 is 1.16 bits per heavy atom. The van der Waals surface area contributed by atoms with Gasteiger partial charge in [0.05, 0.1) is 31.0 Å². The van der Waals surface area contributed by atoms with Crippen LogP contribution in [-0.2, 0) is 14.3 Å². The van der Waals surface area contributed by atoms with Gasteiger partial charge in [-0.1, -0.05) is 23.5 Å². The third-order valence-corrected chi connectivity index (χ3v) is 7.24. The highest BCUT2D eigenvalue weighted by Gasteiger charge is 2.48. The number of benzene rings is 2. The van der Waals surface area contributed by atoms with Gasteiger partial charge in [-0.25, -0.2) is 9.78 Å². The highest BCUT2D eigenvalue weighted by Crippen LogP contribution is 2.45. The number of carbonyl (C=O) groups excluding carboxylic acids is 3. The molecule has 3 aromatic rings. The third-order valence-electron chi connectivity index (χ3n) is 6.11. The third kappa shape index (κ3) is 4.34. The van der Waals surface area contributed by atoms with Crippen molar-refractivity contribution in [3.63, 3.8) is 0 Å². The molecule has 0 radical (unpaired) electrons. The number of aromatic nitrogens is 1. The molecule has 10 nitrogen and oxygen atoms in total. The lowest BCUT2D eigenvalue weighted by Gasteiger charge is -2.23. The summed E-state index contributed by atoms with van der Waals surface area (Å²) in [4.78, 5) is 44.9. The van der Waals surface area contributed by atoms with Gasteiger partial charge in [-0.15, -0.1) is 0 Å². The van der Waals surface area contributed by atoms with Crippen LogP contribution in [0.2, 0.25) is 0 Å². The minimum absolute atomic E-state index is 0.123. The second-order valence-corrected chi connectivity index (χ2v) is 9.41. The van der Waals surface area contributed by atoms with Gasteiger partial charge in [0, 0.05) is 5.56 Å². The summed E-state index contributed by atoms with van der Waals surface area (Å²) in [5, 5.41) is 11.5. The van der Waals surface area contributed by atoms with E-state index in [4.69, 9.17) is 18.9 Å². The number of aliphatic hydroxyl groups excluding tert-OH is 1. The van der Waals surface area contributed by atoms with Crippen LogP contribution in [0.5, 0.6) is 17.2 Å². The first kappa shape index (κ1) is 25.3. The topological polar surface area (TPSA) is 124 Å². The first-order chi connectivity index (χ1) is 18.3. The lowest BCUT2D eigenvalue weighted by atomic mass is 9.95. The number of Topliss-reactive ketones (excluding diaryl/α,β-unsaturated/α-hetero) is 1. The Balaban J connectivity index is 1.69. The van der Waals surface area contributed by atoms with Crippen LogP contribution in [0.1, 0.15) is 39.5 Å². The highest BCUT2D eigenvalue weighted by atomic mass is 32.1. The van der Waals surface area contributed by atoms with E-state index < -0.39 is 23.7 Å². The largest absolute Gasteiger partial charge is 0.507 e. The smallest absolute Gasteiger partial charge is 0.350 e. The van der Waals surface area contributed by atoms with Crippen LogP contribution in [0.25, 0.3) is 5.76 Å². The van der Waals surface area contributed by atoms with Crippen LogP contribution in [0.4, 0.5) is 5.13 Å². The van der Waals surface area contributed by atoms with E-state index in [-0.39, 0.29) is 26.9 Å². The highest BCUT2D eigenvalue weighted by molar-refractivity contribution is 7.17. The molecule has 1 fully saturated rings. The maximum absolute atomic E-state index is 13.5. The number of thiazole rings is 1. The molecule has 2 aliphatic heterocycles. The Morgan fingerprint density at radius 3 is 2.66 bits per heavy atom. The SMILES string of the molecule is CCOc1cccc([C@H]2/C(=C(\O)c3ccc4c(c3)OCCO4)C(=O)C(=O)N2c2nc(C)c(C(=O)OC)s2)c1. The van der Waals surface area contributed by atoms with Crippen LogP contribution in [-0.4, -0.2) is 54.7 Å². The van der Waals surface area contributed by atoms with Gasteiger partial charge in [-0.05, 0) is 49.7 Å². The number of fused-ring (bicyclic) bond motifs is 1. The molecular formula is C27H24N2O8S. The van der Waals surface area contributed by atoms with Crippen molar-refractivity contribution in [2.75, 3.05) is 31.8 Å². The molecule has 2 aliphatic rings. The van der Waals surface area contributed by atoms with Crippen LogP contribution in [0, 0.1) is 6.92 Å². The predicted molar refractivity (Wildman–Crippen MR) is 138 cm³/mol. The zero-order valence-corrected chi connectivity index (χ0v) is 21.7. The second-order valence-electron chi connectivity index (χ2n) is 8.44. The Kier molecular flexibility index (Phi) is 6.77. The van der Waals surface area contributed by atoms with E-state index in [2.05, 4.69) is 4.98 Å². The van der Waals surface area contributed by atoms with Crippen molar-refractivity contribution in [1.29, 1.82) is 0 Å². The number of rotatable bonds is 6. The van der Waals surface area contributed by atoms with Crippen LogP contribution in [0.15, 0.2) is 48.0 Å². The number of carbonyl (C=O) groups is 3. The van der Waals surface area contributed by atoms with E-state index in [1.54, 1.807) is 49.4 Å². The van der Waals surface area contributed by atoms with Crippen LogP contribution in [0.3, 0.4) is 0 Å². The molecule has 1 amide bonds. The monoisotopic (exact) mass is 536 g/mol. The van der Waals surface area contributed by atoms with Gasteiger partial charge in [0.2, 0.25) is 0 Å². The first-order valence-electron chi connectivity index (χ1n) is 11.8. The molecule has 38 heavy (non-hydrogen) atoms. The number of ketones is 1. The van der Waals surface area contributed by atoms with E-state index in [0.29, 0.717) is 48.3 Å². The maximum Gasteiger partial charge on any atom is 0.350 e. The summed E-state index contributed by atoms with van der Waals surface area (Å²) in [5.74, 6) is -1.30. The summed E-state index contributed by atoms with van der Waals surface area (Å²) in [6.45, 7) is 4.61. The van der Waals surface area contributed by atoms with Crippen molar-refractivity contribution in [2.24, 2.45) is 0 Å². The number of hydrogen-bond donors (Lipinski definition) is 1. The summed E-state index contributed by atoms with van der Waals surface area (Å²) in [7, 11) is 1.25. The van der Waals surface area contributed by atoms with Crippen molar-refractivity contribution in [3.8, 4) is 17.2 Å². The summed E-state index contributed by atoms with van der Waals surface area (Å²) in [5.41, 5.74) is 1.02. The number of ether oxygens (including phenoxy) is 4. The normalized spacial score (nSPS) is 18.0. The standard InChI is InChI=1S/C27H24N2O8S/c1-4-35-17-7-5-6-15(12-17)21-20(22(30)16-8-9-18-19(13-16)37-11-10-36-18)23(31)25(32)29(21)27-28-14(2)24(38-27)26(33)34-3/h5-9,12-13,21,30H,4,10-11H2,1-3H3/b22-20+/t21-/m0/s1. The molecule has 0 spiro atoms. The van der Waals surface area contributed by atoms with E-state index >= 15 is 0 Å². The minimum Gasteiger partial charge on any atom is -0.507 e. The van der Waals surface area contributed by atoms with Crippen molar-refractivity contribution in [3.05, 3.63) is 69.7 Å². The molecule has 0 saturated carbocycles. The lowest BCUT2D eigenvalue weighted by molar-refractivity contribution is -0.132. The molecule has 2 aromatic carbocycles. The van der Waals surface area contributed by atoms with Crippen molar-refractivity contribution in [1.82, 2.24) is 4.98 Å². The fraction of sp³-hybridized carbons (Fsp3) is 0.259. The summed E-state index contributed by atoms with van der Waals surface area (Å²) < 4.78 is 21.7. The quantitative estimate of drug-likeness (QED) is 0.215. The van der Waals surface area contributed by atoms with Crippen molar-refractivity contribution < 1.29 is 38.4 Å². The minimum atomic E-state index is -1.04. The number of methoxy groups -OCH3 is 1. The fourth-order valence-corrected chi connectivity index (χ4v) is 5.41.